The number of aromatic carboxylic acids is 1. The molecule has 6 nitrogen and oxygen atoms in total. The number of rotatable bonds is 3. The lowest BCUT2D eigenvalue weighted by Crippen LogP contribution is -2.18. The van der Waals surface area contributed by atoms with Crippen molar-refractivity contribution in [1.82, 2.24) is 0 Å². The molecule has 1 aliphatic heterocycles. The normalized spacial score (nSPS) is 13.6. The van der Waals surface area contributed by atoms with Crippen molar-refractivity contribution in [1.29, 1.82) is 0 Å². The maximum Gasteiger partial charge on any atom is 0.339 e. The lowest BCUT2D eigenvalue weighted by Gasteiger charge is -2.21. The molecular weight excluding hydrogens is 320 g/mol. The fourth-order valence-corrected chi connectivity index (χ4v) is 3.05. The van der Waals surface area contributed by atoms with Crippen LogP contribution in [-0.2, 0) is 9.84 Å². The van der Waals surface area contributed by atoms with Gasteiger partial charge >= 0.3 is 5.97 Å². The molecule has 0 saturated heterocycles. The first kappa shape index (κ1) is 15.4. The highest BCUT2D eigenvalue weighted by molar-refractivity contribution is 7.90. The molecule has 2 aromatic carbocycles. The maximum absolute atomic E-state index is 11.7. The highest BCUT2D eigenvalue weighted by Crippen LogP contribution is 2.38. The van der Waals surface area contributed by atoms with E-state index in [1.54, 1.807) is 18.2 Å². The van der Waals surface area contributed by atoms with Gasteiger partial charge in [-0.1, -0.05) is 12.1 Å². The molecule has 0 spiro atoms. The van der Waals surface area contributed by atoms with Gasteiger partial charge in [-0.3, -0.25) is 0 Å². The maximum atomic E-state index is 11.7. The lowest BCUT2D eigenvalue weighted by atomic mass is 10.0. The predicted molar refractivity (Wildman–Crippen MR) is 82.9 cm³/mol. The smallest absolute Gasteiger partial charge is 0.339 e. The third kappa shape index (κ3) is 3.00. The molecule has 7 heteroatoms. The molecule has 3 rings (SSSR count). The second kappa shape index (κ2) is 5.58. The van der Waals surface area contributed by atoms with Crippen LogP contribution < -0.4 is 9.47 Å². The Hall–Kier alpha value is -2.54. The zero-order valence-electron chi connectivity index (χ0n) is 12.3. The van der Waals surface area contributed by atoms with E-state index in [9.17, 15) is 18.3 Å². The van der Waals surface area contributed by atoms with Crippen LogP contribution in [0.4, 0.5) is 0 Å². The van der Waals surface area contributed by atoms with E-state index in [1.807, 2.05) is 0 Å². The Morgan fingerprint density at radius 2 is 1.83 bits per heavy atom. The number of sulfone groups is 1. The Bertz CT molecular complexity index is 885. The SMILES string of the molecule is CS(=O)(=O)c1cccc(-c2cc3c(c(C(=O)O)c2)OCCO3)c1. The van der Waals surface area contributed by atoms with Gasteiger partial charge in [0.25, 0.3) is 0 Å². The van der Waals surface area contributed by atoms with Gasteiger partial charge in [-0.25, -0.2) is 13.2 Å². The number of hydrogen-bond acceptors (Lipinski definition) is 5. The summed E-state index contributed by atoms with van der Waals surface area (Å²) >= 11 is 0. The molecule has 0 atom stereocenters. The number of benzene rings is 2. The number of ether oxygens (including phenoxy) is 2. The van der Waals surface area contributed by atoms with Gasteiger partial charge in [-0.05, 0) is 35.4 Å². The van der Waals surface area contributed by atoms with Crippen LogP contribution in [-0.4, -0.2) is 39.0 Å². The summed E-state index contributed by atoms with van der Waals surface area (Å²) in [4.78, 5) is 11.6. The molecule has 0 aliphatic carbocycles. The van der Waals surface area contributed by atoms with Crippen LogP contribution in [0.5, 0.6) is 11.5 Å². The molecule has 120 valence electrons. The average Bonchev–Trinajstić information content (AvgIpc) is 2.53. The number of fused-ring (bicyclic) bond motifs is 1. The second-order valence-electron chi connectivity index (χ2n) is 5.15. The van der Waals surface area contributed by atoms with Crippen molar-refractivity contribution >= 4 is 15.8 Å². The van der Waals surface area contributed by atoms with Crippen molar-refractivity contribution in [3.05, 3.63) is 42.0 Å². The van der Waals surface area contributed by atoms with Crippen LogP contribution in [0.2, 0.25) is 0 Å². The fourth-order valence-electron chi connectivity index (χ4n) is 2.39. The molecule has 0 radical (unpaired) electrons. The minimum atomic E-state index is -3.35. The minimum absolute atomic E-state index is 0.0121. The van der Waals surface area contributed by atoms with Gasteiger partial charge < -0.3 is 14.6 Å². The van der Waals surface area contributed by atoms with E-state index in [-0.39, 0.29) is 22.8 Å². The Labute approximate surface area is 133 Å². The summed E-state index contributed by atoms with van der Waals surface area (Å²) in [6.07, 6.45) is 1.12. The molecule has 0 fully saturated rings. The summed E-state index contributed by atoms with van der Waals surface area (Å²) in [5.74, 6) is -0.587. The summed E-state index contributed by atoms with van der Waals surface area (Å²) in [5, 5.41) is 9.36. The fraction of sp³-hybridized carbons (Fsp3) is 0.188. The topological polar surface area (TPSA) is 89.9 Å². The van der Waals surface area contributed by atoms with Gasteiger partial charge in [-0.2, -0.15) is 0 Å². The standard InChI is InChI=1S/C16H14O6S/c1-23(19,20)12-4-2-3-10(7-12)11-8-13(16(17)18)15-14(9-11)21-5-6-22-15/h2-4,7-9H,5-6H2,1H3,(H,17,18). The second-order valence-corrected chi connectivity index (χ2v) is 7.17. The Balaban J connectivity index is 2.17. The Morgan fingerprint density at radius 1 is 1.09 bits per heavy atom. The third-order valence-electron chi connectivity index (χ3n) is 3.47. The van der Waals surface area contributed by atoms with E-state index >= 15 is 0 Å². The first-order valence-corrected chi connectivity index (χ1v) is 8.73. The quantitative estimate of drug-likeness (QED) is 0.926. The van der Waals surface area contributed by atoms with E-state index < -0.39 is 15.8 Å². The largest absolute Gasteiger partial charge is 0.486 e. The molecule has 0 bridgehead atoms. The molecule has 1 heterocycles. The van der Waals surface area contributed by atoms with Crippen molar-refractivity contribution in [3.8, 4) is 22.6 Å². The van der Waals surface area contributed by atoms with E-state index in [2.05, 4.69) is 0 Å². The monoisotopic (exact) mass is 334 g/mol. The molecule has 23 heavy (non-hydrogen) atoms. The van der Waals surface area contributed by atoms with Crippen LogP contribution >= 0.6 is 0 Å². The first-order chi connectivity index (χ1) is 10.9. The van der Waals surface area contributed by atoms with Crippen LogP contribution in [0.25, 0.3) is 11.1 Å². The number of carbonyl (C=O) groups is 1. The van der Waals surface area contributed by atoms with Gasteiger partial charge in [0, 0.05) is 6.26 Å². The minimum Gasteiger partial charge on any atom is -0.486 e. The lowest BCUT2D eigenvalue weighted by molar-refractivity contribution is 0.0686. The molecule has 0 aromatic heterocycles. The van der Waals surface area contributed by atoms with Crippen molar-refractivity contribution in [2.24, 2.45) is 0 Å². The highest BCUT2D eigenvalue weighted by atomic mass is 32.2. The van der Waals surface area contributed by atoms with Crippen LogP contribution in [0.3, 0.4) is 0 Å². The zero-order valence-corrected chi connectivity index (χ0v) is 13.1. The number of carboxylic acid groups (broad SMARTS) is 1. The summed E-state index contributed by atoms with van der Waals surface area (Å²) in [7, 11) is -3.35. The molecule has 2 aromatic rings. The van der Waals surface area contributed by atoms with Crippen molar-refractivity contribution in [2.75, 3.05) is 19.5 Å². The summed E-state index contributed by atoms with van der Waals surface area (Å²) in [6.45, 7) is 0.620. The Kier molecular flexibility index (Phi) is 3.73. The summed E-state index contributed by atoms with van der Waals surface area (Å²) in [5.41, 5.74) is 1.13. The molecular formula is C16H14O6S. The van der Waals surface area contributed by atoms with E-state index in [1.165, 1.54) is 18.2 Å². The van der Waals surface area contributed by atoms with E-state index in [0.29, 0.717) is 23.5 Å². The molecule has 0 saturated carbocycles. The number of hydrogen-bond donors (Lipinski definition) is 1. The predicted octanol–water partition coefficient (Wildman–Crippen LogP) is 2.23. The third-order valence-corrected chi connectivity index (χ3v) is 4.58. The first-order valence-electron chi connectivity index (χ1n) is 6.84. The number of carboxylic acids is 1. The zero-order chi connectivity index (χ0) is 16.6. The molecule has 1 aliphatic rings. The van der Waals surface area contributed by atoms with Crippen LogP contribution in [0.1, 0.15) is 10.4 Å². The van der Waals surface area contributed by atoms with Gasteiger partial charge in [-0.15, -0.1) is 0 Å². The van der Waals surface area contributed by atoms with Crippen molar-refractivity contribution < 1.29 is 27.8 Å². The molecule has 0 amide bonds. The van der Waals surface area contributed by atoms with Crippen molar-refractivity contribution in [3.63, 3.8) is 0 Å². The van der Waals surface area contributed by atoms with Crippen LogP contribution in [0, 0.1) is 0 Å². The average molecular weight is 334 g/mol. The van der Waals surface area contributed by atoms with Gasteiger partial charge in [0.15, 0.2) is 21.3 Å². The van der Waals surface area contributed by atoms with Gasteiger partial charge in [0.1, 0.15) is 18.8 Å². The molecule has 0 unspecified atom stereocenters. The van der Waals surface area contributed by atoms with Gasteiger partial charge in [0.2, 0.25) is 0 Å². The van der Waals surface area contributed by atoms with E-state index in [0.717, 1.165) is 6.26 Å². The van der Waals surface area contributed by atoms with Gasteiger partial charge in [0.05, 0.1) is 4.90 Å². The van der Waals surface area contributed by atoms with Crippen LogP contribution in [0.15, 0.2) is 41.3 Å². The van der Waals surface area contributed by atoms with Crippen molar-refractivity contribution in [2.45, 2.75) is 4.90 Å². The van der Waals surface area contributed by atoms with E-state index in [4.69, 9.17) is 9.47 Å². The highest BCUT2D eigenvalue weighted by Gasteiger charge is 2.22. The summed E-state index contributed by atoms with van der Waals surface area (Å²) in [6, 6.07) is 9.44. The molecule has 1 N–H and O–H groups in total. The Morgan fingerprint density at radius 3 is 2.52 bits per heavy atom. The summed E-state index contributed by atoms with van der Waals surface area (Å²) < 4.78 is 34.2.